The van der Waals surface area contributed by atoms with Crippen LogP contribution >= 0.6 is 0 Å². The van der Waals surface area contributed by atoms with E-state index < -0.39 is 0 Å². The number of pyridine rings is 1. The molecule has 2 aromatic heterocycles. The van der Waals surface area contributed by atoms with Gasteiger partial charge < -0.3 is 4.98 Å². The highest BCUT2D eigenvalue weighted by Crippen LogP contribution is 2.22. The van der Waals surface area contributed by atoms with Gasteiger partial charge in [-0.05, 0) is 31.0 Å². The second-order valence-electron chi connectivity index (χ2n) is 4.58. The minimum absolute atomic E-state index is 0.855. The molecule has 0 aliphatic carbocycles. The molecule has 0 aliphatic heterocycles. The van der Waals surface area contributed by atoms with Crippen LogP contribution in [-0.2, 0) is 6.42 Å². The third-order valence-electron chi connectivity index (χ3n) is 3.43. The lowest BCUT2D eigenvalue weighted by atomic mass is 10.00. The van der Waals surface area contributed by atoms with Gasteiger partial charge in [-0.25, -0.2) is 4.98 Å². The molecule has 2 heterocycles. The van der Waals surface area contributed by atoms with Gasteiger partial charge in [-0.15, -0.1) is 0 Å². The van der Waals surface area contributed by atoms with Crippen molar-refractivity contribution in [2.24, 2.45) is 0 Å². The van der Waals surface area contributed by atoms with Crippen molar-refractivity contribution in [1.29, 1.82) is 0 Å². The summed E-state index contributed by atoms with van der Waals surface area (Å²) in [6, 6.07) is 8.37. The Morgan fingerprint density at radius 3 is 2.78 bits per heavy atom. The van der Waals surface area contributed by atoms with Crippen molar-refractivity contribution in [1.82, 2.24) is 15.0 Å². The molecule has 0 aliphatic rings. The number of fused-ring (bicyclic) bond motifs is 1. The second-order valence-corrected chi connectivity index (χ2v) is 4.58. The molecule has 3 aromatic rings. The molecule has 1 N–H and O–H groups in total. The fourth-order valence-corrected chi connectivity index (χ4v) is 2.27. The first-order valence-electron chi connectivity index (χ1n) is 6.08. The van der Waals surface area contributed by atoms with Crippen molar-refractivity contribution in [2.45, 2.75) is 20.3 Å². The summed E-state index contributed by atoms with van der Waals surface area (Å²) in [4.78, 5) is 11.9. The van der Waals surface area contributed by atoms with Crippen molar-refractivity contribution in [3.05, 3.63) is 59.3 Å². The van der Waals surface area contributed by atoms with E-state index in [9.17, 15) is 0 Å². The lowest BCUT2D eigenvalue weighted by Gasteiger charge is -2.08. The number of imidazole rings is 1. The zero-order valence-corrected chi connectivity index (χ0v) is 10.6. The van der Waals surface area contributed by atoms with Gasteiger partial charge in [0.2, 0.25) is 0 Å². The normalized spacial score (nSPS) is 11.0. The highest BCUT2D eigenvalue weighted by atomic mass is 14.9. The third-order valence-corrected chi connectivity index (χ3v) is 3.43. The largest absolute Gasteiger partial charge is 0.348 e. The summed E-state index contributed by atoms with van der Waals surface area (Å²) in [5.41, 5.74) is 5.86. The van der Waals surface area contributed by atoms with E-state index in [4.69, 9.17) is 0 Å². The Balaban J connectivity index is 2.08. The molecule has 0 saturated heterocycles. The van der Waals surface area contributed by atoms with Gasteiger partial charge in [0.05, 0.1) is 17.5 Å². The predicted molar refractivity (Wildman–Crippen MR) is 72.6 cm³/mol. The summed E-state index contributed by atoms with van der Waals surface area (Å²) >= 11 is 0. The average Bonchev–Trinajstić information content (AvgIpc) is 2.79. The summed E-state index contributed by atoms with van der Waals surface area (Å²) in [5, 5.41) is 1.19. The standard InChI is InChI=1S/C15H15N3/c1-10-13(8-14-11(2)17-9-18-14)6-5-12-4-3-7-16-15(10)12/h3-7,9H,8H2,1-2H3,(H,17,18). The number of aromatic amines is 1. The number of hydrogen-bond donors (Lipinski definition) is 1. The third kappa shape index (κ3) is 1.78. The van der Waals surface area contributed by atoms with E-state index >= 15 is 0 Å². The van der Waals surface area contributed by atoms with E-state index in [1.807, 2.05) is 12.3 Å². The number of aryl methyl sites for hydroxylation is 2. The quantitative estimate of drug-likeness (QED) is 0.743. The highest BCUT2D eigenvalue weighted by molar-refractivity contribution is 5.82. The smallest absolute Gasteiger partial charge is 0.0925 e. The van der Waals surface area contributed by atoms with E-state index in [0.717, 1.165) is 23.3 Å². The minimum atomic E-state index is 0.855. The van der Waals surface area contributed by atoms with E-state index in [1.54, 1.807) is 6.33 Å². The maximum Gasteiger partial charge on any atom is 0.0925 e. The molecule has 18 heavy (non-hydrogen) atoms. The molecule has 0 spiro atoms. The molecule has 3 heteroatoms. The van der Waals surface area contributed by atoms with Crippen LogP contribution in [0.2, 0.25) is 0 Å². The molecule has 3 rings (SSSR count). The molecule has 0 bridgehead atoms. The van der Waals surface area contributed by atoms with Gasteiger partial charge in [-0.3, -0.25) is 4.98 Å². The first-order valence-corrected chi connectivity index (χ1v) is 6.08. The first kappa shape index (κ1) is 11.0. The van der Waals surface area contributed by atoms with Crippen LogP contribution in [0.1, 0.15) is 22.5 Å². The van der Waals surface area contributed by atoms with Crippen LogP contribution < -0.4 is 0 Å². The summed E-state index contributed by atoms with van der Waals surface area (Å²) in [5.74, 6) is 0. The lowest BCUT2D eigenvalue weighted by molar-refractivity contribution is 1.07. The maximum atomic E-state index is 4.46. The topological polar surface area (TPSA) is 41.6 Å². The zero-order chi connectivity index (χ0) is 12.5. The van der Waals surface area contributed by atoms with Gasteiger partial charge in [-0.2, -0.15) is 0 Å². The Morgan fingerprint density at radius 1 is 1.11 bits per heavy atom. The van der Waals surface area contributed by atoms with E-state index in [1.165, 1.54) is 16.5 Å². The van der Waals surface area contributed by atoms with Crippen LogP contribution in [0.25, 0.3) is 10.9 Å². The minimum Gasteiger partial charge on any atom is -0.348 e. The fraction of sp³-hybridized carbons (Fsp3) is 0.200. The molecule has 3 nitrogen and oxygen atoms in total. The van der Waals surface area contributed by atoms with E-state index in [2.05, 4.69) is 47.0 Å². The molecule has 0 atom stereocenters. The van der Waals surface area contributed by atoms with Gasteiger partial charge in [-0.1, -0.05) is 18.2 Å². The summed E-state index contributed by atoms with van der Waals surface area (Å²) < 4.78 is 0. The van der Waals surface area contributed by atoms with Crippen molar-refractivity contribution >= 4 is 10.9 Å². The van der Waals surface area contributed by atoms with Gasteiger partial charge in [0.25, 0.3) is 0 Å². The van der Waals surface area contributed by atoms with Crippen LogP contribution in [0, 0.1) is 13.8 Å². The maximum absolute atomic E-state index is 4.46. The van der Waals surface area contributed by atoms with Gasteiger partial charge in [0.15, 0.2) is 0 Å². The molecule has 1 aromatic carbocycles. The van der Waals surface area contributed by atoms with Crippen molar-refractivity contribution < 1.29 is 0 Å². The van der Waals surface area contributed by atoms with Gasteiger partial charge >= 0.3 is 0 Å². The molecule has 0 fully saturated rings. The summed E-state index contributed by atoms with van der Waals surface area (Å²) in [6.07, 6.45) is 4.45. The number of nitrogens with one attached hydrogen (secondary N) is 1. The first-order chi connectivity index (χ1) is 8.75. The van der Waals surface area contributed by atoms with Crippen molar-refractivity contribution in [3.8, 4) is 0 Å². The second kappa shape index (κ2) is 4.26. The Hall–Kier alpha value is -2.16. The molecule has 0 saturated carbocycles. The van der Waals surface area contributed by atoms with Crippen LogP contribution in [0.3, 0.4) is 0 Å². The Morgan fingerprint density at radius 2 is 2.00 bits per heavy atom. The summed E-state index contributed by atoms with van der Waals surface area (Å²) in [6.45, 7) is 4.18. The predicted octanol–water partition coefficient (Wildman–Crippen LogP) is 3.17. The number of benzene rings is 1. The SMILES string of the molecule is Cc1[nH]cnc1Cc1ccc2cccnc2c1C. The monoisotopic (exact) mass is 237 g/mol. The molecule has 0 amide bonds. The van der Waals surface area contributed by atoms with Crippen LogP contribution in [0.15, 0.2) is 36.8 Å². The van der Waals surface area contributed by atoms with Crippen molar-refractivity contribution in [3.63, 3.8) is 0 Å². The summed E-state index contributed by atoms with van der Waals surface area (Å²) in [7, 11) is 0. The molecule has 90 valence electrons. The highest BCUT2D eigenvalue weighted by Gasteiger charge is 2.08. The number of nitrogens with zero attached hydrogens (tertiary/aromatic N) is 2. The van der Waals surface area contributed by atoms with Gasteiger partial charge in [0.1, 0.15) is 0 Å². The number of rotatable bonds is 2. The van der Waals surface area contributed by atoms with Crippen LogP contribution in [0.4, 0.5) is 0 Å². The van der Waals surface area contributed by atoms with Crippen LogP contribution in [0.5, 0.6) is 0 Å². The Kier molecular flexibility index (Phi) is 2.59. The number of hydrogen-bond acceptors (Lipinski definition) is 2. The van der Waals surface area contributed by atoms with Crippen LogP contribution in [-0.4, -0.2) is 15.0 Å². The number of aromatic nitrogens is 3. The number of H-pyrrole nitrogens is 1. The molecular formula is C15H15N3. The molecular weight excluding hydrogens is 222 g/mol. The molecule has 0 radical (unpaired) electrons. The lowest BCUT2D eigenvalue weighted by Crippen LogP contribution is -1.96. The van der Waals surface area contributed by atoms with E-state index in [0.29, 0.717) is 0 Å². The molecule has 0 unspecified atom stereocenters. The van der Waals surface area contributed by atoms with E-state index in [-0.39, 0.29) is 0 Å². The van der Waals surface area contributed by atoms with Crippen molar-refractivity contribution in [2.75, 3.05) is 0 Å². The fourth-order valence-electron chi connectivity index (χ4n) is 2.27. The average molecular weight is 237 g/mol. The van der Waals surface area contributed by atoms with Gasteiger partial charge in [0, 0.05) is 23.7 Å². The Bertz CT molecular complexity index is 698. The zero-order valence-electron chi connectivity index (χ0n) is 10.6. The Labute approximate surface area is 106 Å².